The van der Waals surface area contributed by atoms with Gasteiger partial charge in [0.25, 0.3) is 0 Å². The van der Waals surface area contributed by atoms with E-state index in [2.05, 4.69) is 16.0 Å². The largest absolute Gasteiger partial charge is 0.445 e. The SMILES string of the molecule is CC(C)CN(C[C@@H](O)[C@H](Cc1ccccc1)NC(=O)[C@H](CC(N)=O)NC(=O)OCc1ccccc1)C(=O)NC(C)C. The molecule has 0 aliphatic rings. The van der Waals surface area contributed by atoms with E-state index in [-0.39, 0.29) is 37.6 Å². The Hall–Kier alpha value is -4.12. The Kier molecular flexibility index (Phi) is 13.6. The zero-order valence-corrected chi connectivity index (χ0v) is 24.2. The normalized spacial score (nSPS) is 13.1. The number of hydrogen-bond donors (Lipinski definition) is 5. The van der Waals surface area contributed by atoms with Crippen LogP contribution < -0.4 is 21.7 Å². The fourth-order valence-electron chi connectivity index (χ4n) is 4.12. The van der Waals surface area contributed by atoms with Crippen molar-refractivity contribution in [1.82, 2.24) is 20.9 Å². The molecule has 6 N–H and O–H groups in total. The minimum atomic E-state index is -1.34. The van der Waals surface area contributed by atoms with E-state index in [9.17, 15) is 24.3 Å². The van der Waals surface area contributed by atoms with Crippen LogP contribution in [0.5, 0.6) is 0 Å². The lowest BCUT2D eigenvalue weighted by Gasteiger charge is -2.32. The highest BCUT2D eigenvalue weighted by atomic mass is 16.5. The van der Waals surface area contributed by atoms with Gasteiger partial charge in [-0.3, -0.25) is 9.59 Å². The van der Waals surface area contributed by atoms with Gasteiger partial charge in [-0.05, 0) is 37.3 Å². The third-order valence-corrected chi connectivity index (χ3v) is 6.01. The molecule has 0 bridgehead atoms. The molecule has 11 heteroatoms. The number of aliphatic hydroxyl groups excluding tert-OH is 1. The molecular formula is C30H43N5O6. The molecule has 3 atom stereocenters. The summed E-state index contributed by atoms with van der Waals surface area (Å²) in [6.07, 6.45) is -2.31. The van der Waals surface area contributed by atoms with Gasteiger partial charge in [0, 0.05) is 12.6 Å². The number of alkyl carbamates (subject to hydrolysis) is 1. The fraction of sp³-hybridized carbons (Fsp3) is 0.467. The number of nitrogens with zero attached hydrogens (tertiary/aromatic N) is 1. The first kappa shape index (κ1) is 33.1. The van der Waals surface area contributed by atoms with Crippen LogP contribution in [-0.2, 0) is 27.4 Å². The predicted octanol–water partition coefficient (Wildman–Crippen LogP) is 2.32. The van der Waals surface area contributed by atoms with Gasteiger partial charge in [0.15, 0.2) is 0 Å². The Morgan fingerprint density at radius 3 is 1.98 bits per heavy atom. The van der Waals surface area contributed by atoms with Crippen molar-refractivity contribution in [3.63, 3.8) is 0 Å². The highest BCUT2D eigenvalue weighted by Crippen LogP contribution is 2.11. The van der Waals surface area contributed by atoms with Gasteiger partial charge in [0.2, 0.25) is 11.8 Å². The minimum Gasteiger partial charge on any atom is -0.445 e. The highest BCUT2D eigenvalue weighted by molar-refractivity contribution is 5.90. The van der Waals surface area contributed by atoms with Gasteiger partial charge in [0.1, 0.15) is 12.6 Å². The zero-order chi connectivity index (χ0) is 30.4. The maximum absolute atomic E-state index is 13.3. The molecule has 0 saturated heterocycles. The first-order valence-electron chi connectivity index (χ1n) is 13.8. The lowest BCUT2D eigenvalue weighted by Crippen LogP contribution is -2.57. The van der Waals surface area contributed by atoms with E-state index in [1.165, 1.54) is 4.90 Å². The second kappa shape index (κ2) is 16.9. The molecule has 224 valence electrons. The number of ether oxygens (including phenoxy) is 1. The third-order valence-electron chi connectivity index (χ3n) is 6.01. The molecule has 0 unspecified atom stereocenters. The van der Waals surface area contributed by atoms with E-state index in [1.807, 2.05) is 64.1 Å². The third kappa shape index (κ3) is 12.7. The maximum Gasteiger partial charge on any atom is 0.408 e. The Morgan fingerprint density at radius 2 is 1.44 bits per heavy atom. The summed E-state index contributed by atoms with van der Waals surface area (Å²) in [7, 11) is 0. The number of nitrogens with one attached hydrogen (secondary N) is 3. The minimum absolute atomic E-state index is 0.0307. The van der Waals surface area contributed by atoms with Crippen LogP contribution in [0.2, 0.25) is 0 Å². The van der Waals surface area contributed by atoms with Gasteiger partial charge >= 0.3 is 12.1 Å². The number of hydrogen-bond acceptors (Lipinski definition) is 6. The van der Waals surface area contributed by atoms with Gasteiger partial charge in [-0.1, -0.05) is 74.5 Å². The van der Waals surface area contributed by atoms with Crippen molar-refractivity contribution in [2.24, 2.45) is 11.7 Å². The standard InChI is InChI=1S/C30H43N5O6/c1-20(2)17-35(29(39)32-21(3)4)18-26(36)24(15-22-11-7-5-8-12-22)33-28(38)25(16-27(31)37)34-30(40)41-19-23-13-9-6-10-14-23/h5-14,20-21,24-26,36H,15-19H2,1-4H3,(H2,31,37)(H,32,39)(H,33,38)(H,34,40)/t24-,25-,26+/m0/s1. The second-order valence-electron chi connectivity index (χ2n) is 10.7. The Labute approximate surface area is 241 Å². The number of nitrogens with two attached hydrogens (primary N) is 1. The van der Waals surface area contributed by atoms with Crippen LogP contribution in [0.25, 0.3) is 0 Å². The summed E-state index contributed by atoms with van der Waals surface area (Å²) in [5, 5.41) is 19.3. The Bertz CT molecular complexity index is 1110. The number of amides is 5. The monoisotopic (exact) mass is 569 g/mol. The molecule has 0 radical (unpaired) electrons. The molecule has 0 spiro atoms. The molecule has 2 aromatic rings. The zero-order valence-electron chi connectivity index (χ0n) is 24.2. The molecule has 2 aromatic carbocycles. The van der Waals surface area contributed by atoms with E-state index in [0.717, 1.165) is 11.1 Å². The van der Waals surface area contributed by atoms with E-state index in [1.54, 1.807) is 24.3 Å². The van der Waals surface area contributed by atoms with Crippen LogP contribution in [0.1, 0.15) is 45.2 Å². The summed E-state index contributed by atoms with van der Waals surface area (Å²) in [5.74, 6) is -1.39. The van der Waals surface area contributed by atoms with Crippen LogP contribution in [-0.4, -0.2) is 71.3 Å². The molecule has 0 aliphatic heterocycles. The summed E-state index contributed by atoms with van der Waals surface area (Å²) >= 11 is 0. The van der Waals surface area contributed by atoms with E-state index in [4.69, 9.17) is 10.5 Å². The van der Waals surface area contributed by atoms with Gasteiger partial charge in [-0.2, -0.15) is 0 Å². The summed E-state index contributed by atoms with van der Waals surface area (Å²) in [4.78, 5) is 51.9. The highest BCUT2D eigenvalue weighted by Gasteiger charge is 2.31. The van der Waals surface area contributed by atoms with Gasteiger partial charge in [-0.25, -0.2) is 9.59 Å². The van der Waals surface area contributed by atoms with Crippen LogP contribution in [0.4, 0.5) is 9.59 Å². The molecule has 11 nitrogen and oxygen atoms in total. The van der Waals surface area contributed by atoms with E-state index >= 15 is 0 Å². The van der Waals surface area contributed by atoms with Crippen LogP contribution >= 0.6 is 0 Å². The number of primary amides is 1. The van der Waals surface area contributed by atoms with E-state index < -0.39 is 42.5 Å². The molecule has 2 rings (SSSR count). The Morgan fingerprint density at radius 1 is 0.854 bits per heavy atom. The van der Waals surface area contributed by atoms with Crippen molar-refractivity contribution in [3.05, 3.63) is 71.8 Å². The first-order valence-corrected chi connectivity index (χ1v) is 13.8. The quantitative estimate of drug-likeness (QED) is 0.221. The molecule has 0 saturated carbocycles. The van der Waals surface area contributed by atoms with Crippen molar-refractivity contribution in [1.29, 1.82) is 0 Å². The molecular weight excluding hydrogens is 526 g/mol. The van der Waals surface area contributed by atoms with Crippen molar-refractivity contribution in [2.45, 2.75) is 71.4 Å². The lowest BCUT2D eigenvalue weighted by atomic mass is 9.99. The van der Waals surface area contributed by atoms with Crippen LogP contribution in [0.15, 0.2) is 60.7 Å². The van der Waals surface area contributed by atoms with Crippen molar-refractivity contribution in [2.75, 3.05) is 13.1 Å². The number of carbonyl (C=O) groups excluding carboxylic acids is 4. The van der Waals surface area contributed by atoms with Gasteiger partial charge in [-0.15, -0.1) is 0 Å². The molecule has 0 aromatic heterocycles. The number of rotatable bonds is 15. The summed E-state index contributed by atoms with van der Waals surface area (Å²) in [5.41, 5.74) is 6.94. The van der Waals surface area contributed by atoms with Crippen molar-refractivity contribution in [3.8, 4) is 0 Å². The summed E-state index contributed by atoms with van der Waals surface area (Å²) in [6.45, 7) is 7.91. The molecule has 5 amide bonds. The Balaban J connectivity index is 2.20. The predicted molar refractivity (Wildman–Crippen MR) is 156 cm³/mol. The smallest absolute Gasteiger partial charge is 0.408 e. The molecule has 0 aliphatic carbocycles. The summed E-state index contributed by atoms with van der Waals surface area (Å²) < 4.78 is 5.20. The lowest BCUT2D eigenvalue weighted by molar-refractivity contribution is -0.128. The average Bonchev–Trinajstić information content (AvgIpc) is 2.91. The number of aliphatic hydroxyl groups is 1. The average molecular weight is 570 g/mol. The topological polar surface area (TPSA) is 163 Å². The first-order chi connectivity index (χ1) is 19.4. The van der Waals surface area contributed by atoms with Gasteiger partial charge in [0.05, 0.1) is 25.1 Å². The van der Waals surface area contributed by atoms with Crippen LogP contribution in [0, 0.1) is 5.92 Å². The van der Waals surface area contributed by atoms with Crippen molar-refractivity contribution >= 4 is 23.9 Å². The molecule has 0 fully saturated rings. The number of carbonyl (C=O) groups is 4. The number of benzene rings is 2. The van der Waals surface area contributed by atoms with Gasteiger partial charge < -0.3 is 36.4 Å². The molecule has 0 heterocycles. The van der Waals surface area contributed by atoms with Crippen LogP contribution in [0.3, 0.4) is 0 Å². The fourth-order valence-corrected chi connectivity index (χ4v) is 4.12. The van der Waals surface area contributed by atoms with E-state index in [0.29, 0.717) is 6.54 Å². The second-order valence-corrected chi connectivity index (χ2v) is 10.7. The summed E-state index contributed by atoms with van der Waals surface area (Å²) in [6, 6.07) is 15.6. The van der Waals surface area contributed by atoms with Crippen molar-refractivity contribution < 1.29 is 29.0 Å². The maximum atomic E-state index is 13.3. The molecule has 41 heavy (non-hydrogen) atoms. The number of urea groups is 1.